The largest absolute Gasteiger partial charge is 0.342 e. The fraction of sp³-hybridized carbons (Fsp3) is 0.500. The molecule has 1 aromatic rings. The molecule has 0 saturated carbocycles. The van der Waals surface area contributed by atoms with Crippen LogP contribution in [0, 0.1) is 0 Å². The highest BCUT2D eigenvalue weighted by Gasteiger charge is 2.43. The second-order valence-electron chi connectivity index (χ2n) is 5.18. The van der Waals surface area contributed by atoms with E-state index in [9.17, 15) is 9.59 Å². The maximum atomic E-state index is 12.5. The van der Waals surface area contributed by atoms with Gasteiger partial charge in [-0.2, -0.15) is 0 Å². The normalized spacial score (nSPS) is 18.1. The molecule has 0 unspecified atom stereocenters. The van der Waals surface area contributed by atoms with E-state index < -0.39 is 5.54 Å². The van der Waals surface area contributed by atoms with Crippen LogP contribution in [0.15, 0.2) is 12.4 Å². The predicted molar refractivity (Wildman–Crippen MR) is 72.6 cm³/mol. The lowest BCUT2D eigenvalue weighted by atomic mass is 9.97. The van der Waals surface area contributed by atoms with E-state index in [0.717, 1.165) is 0 Å². The summed E-state index contributed by atoms with van der Waals surface area (Å²) in [7, 11) is 1.73. The van der Waals surface area contributed by atoms with Gasteiger partial charge in [-0.1, -0.05) is 0 Å². The number of piperazine rings is 1. The van der Waals surface area contributed by atoms with Gasteiger partial charge in [0, 0.05) is 20.1 Å². The zero-order valence-corrected chi connectivity index (χ0v) is 11.8. The van der Waals surface area contributed by atoms with Gasteiger partial charge >= 0.3 is 0 Å². The summed E-state index contributed by atoms with van der Waals surface area (Å²) >= 11 is 0. The number of carbonyl (C=O) groups is 2. The third-order valence-corrected chi connectivity index (χ3v) is 3.45. The van der Waals surface area contributed by atoms with Gasteiger partial charge in [0.15, 0.2) is 5.82 Å². The van der Waals surface area contributed by atoms with Crippen molar-refractivity contribution in [2.24, 2.45) is 5.84 Å². The standard InChI is InChI=1S/C12H18N6O2/c1-12(2)11(20)17(3)4-5-18(12)10(19)8-6-14-7-9(15-8)16-13/h6-7H,4-5,13H2,1-3H3,(H,15,16). The molecular formula is C12H18N6O2. The van der Waals surface area contributed by atoms with E-state index in [1.165, 1.54) is 17.3 Å². The number of anilines is 1. The predicted octanol–water partition coefficient (Wildman–Crippen LogP) is -0.545. The third-order valence-electron chi connectivity index (χ3n) is 3.45. The SMILES string of the molecule is CN1CCN(C(=O)c2cncc(NN)n2)C(C)(C)C1=O. The highest BCUT2D eigenvalue weighted by Crippen LogP contribution is 2.23. The van der Waals surface area contributed by atoms with Crippen LogP contribution in [0.1, 0.15) is 24.3 Å². The molecule has 8 nitrogen and oxygen atoms in total. The molecule has 2 amide bonds. The van der Waals surface area contributed by atoms with Crippen LogP contribution in [0.5, 0.6) is 0 Å². The van der Waals surface area contributed by atoms with Crippen molar-refractivity contribution in [3.63, 3.8) is 0 Å². The quantitative estimate of drug-likeness (QED) is 0.556. The molecule has 1 aliphatic rings. The molecule has 0 radical (unpaired) electrons. The number of nitrogens with zero attached hydrogens (tertiary/aromatic N) is 4. The zero-order valence-electron chi connectivity index (χ0n) is 11.8. The molecule has 2 rings (SSSR count). The van der Waals surface area contributed by atoms with Crippen molar-refractivity contribution in [1.29, 1.82) is 0 Å². The monoisotopic (exact) mass is 278 g/mol. The molecule has 2 heterocycles. The van der Waals surface area contributed by atoms with Crippen molar-refractivity contribution in [3.8, 4) is 0 Å². The van der Waals surface area contributed by atoms with Crippen molar-refractivity contribution in [2.45, 2.75) is 19.4 Å². The highest BCUT2D eigenvalue weighted by molar-refractivity contribution is 5.98. The Labute approximate surface area is 116 Å². The van der Waals surface area contributed by atoms with Crippen molar-refractivity contribution in [3.05, 3.63) is 18.1 Å². The average Bonchev–Trinajstić information content (AvgIpc) is 2.44. The van der Waals surface area contributed by atoms with Crippen LogP contribution in [0.2, 0.25) is 0 Å². The van der Waals surface area contributed by atoms with Crippen LogP contribution in [0.3, 0.4) is 0 Å². The van der Waals surface area contributed by atoms with Gasteiger partial charge in [-0.15, -0.1) is 0 Å². The Morgan fingerprint density at radius 3 is 2.75 bits per heavy atom. The number of carbonyl (C=O) groups excluding carboxylic acids is 2. The van der Waals surface area contributed by atoms with Crippen LogP contribution in [-0.2, 0) is 4.79 Å². The fourth-order valence-electron chi connectivity index (χ4n) is 2.25. The number of amides is 2. The lowest BCUT2D eigenvalue weighted by Gasteiger charge is -2.44. The van der Waals surface area contributed by atoms with Crippen molar-refractivity contribution < 1.29 is 9.59 Å². The maximum absolute atomic E-state index is 12.5. The molecule has 0 spiro atoms. The van der Waals surface area contributed by atoms with Crippen molar-refractivity contribution in [2.75, 3.05) is 25.6 Å². The van der Waals surface area contributed by atoms with Crippen molar-refractivity contribution in [1.82, 2.24) is 19.8 Å². The minimum atomic E-state index is -0.905. The van der Waals surface area contributed by atoms with Crippen LogP contribution in [-0.4, -0.2) is 57.3 Å². The molecule has 0 atom stereocenters. The number of hydrogen-bond donors (Lipinski definition) is 2. The lowest BCUT2D eigenvalue weighted by molar-refractivity contribution is -0.144. The number of hydrogen-bond acceptors (Lipinski definition) is 6. The molecule has 8 heteroatoms. The molecule has 20 heavy (non-hydrogen) atoms. The Hall–Kier alpha value is -2.22. The molecule has 0 bridgehead atoms. The van der Waals surface area contributed by atoms with E-state index in [2.05, 4.69) is 15.4 Å². The number of nitrogens with one attached hydrogen (secondary N) is 1. The smallest absolute Gasteiger partial charge is 0.275 e. The highest BCUT2D eigenvalue weighted by atomic mass is 16.2. The van der Waals surface area contributed by atoms with Crippen LogP contribution in [0.25, 0.3) is 0 Å². The second-order valence-corrected chi connectivity index (χ2v) is 5.18. The first-order chi connectivity index (χ1) is 9.37. The number of hydrazine groups is 1. The van der Waals surface area contributed by atoms with E-state index in [4.69, 9.17) is 5.84 Å². The molecule has 0 aromatic carbocycles. The maximum Gasteiger partial charge on any atom is 0.275 e. The molecule has 108 valence electrons. The third kappa shape index (κ3) is 2.29. The summed E-state index contributed by atoms with van der Waals surface area (Å²) in [4.78, 5) is 35.8. The summed E-state index contributed by atoms with van der Waals surface area (Å²) in [5.74, 6) is 5.12. The van der Waals surface area contributed by atoms with Gasteiger partial charge in [0.05, 0.1) is 12.4 Å². The Bertz CT molecular complexity index is 545. The van der Waals surface area contributed by atoms with Crippen LogP contribution >= 0.6 is 0 Å². The molecule has 1 saturated heterocycles. The summed E-state index contributed by atoms with van der Waals surface area (Å²) in [5, 5.41) is 0. The van der Waals surface area contributed by atoms with Crippen LogP contribution in [0.4, 0.5) is 5.82 Å². The Kier molecular flexibility index (Phi) is 3.58. The van der Waals surface area contributed by atoms with Gasteiger partial charge < -0.3 is 15.2 Å². The van der Waals surface area contributed by atoms with E-state index in [0.29, 0.717) is 18.9 Å². The number of aromatic nitrogens is 2. The first-order valence-electron chi connectivity index (χ1n) is 6.24. The minimum absolute atomic E-state index is 0.0989. The second kappa shape index (κ2) is 5.04. The first-order valence-corrected chi connectivity index (χ1v) is 6.24. The van der Waals surface area contributed by atoms with Gasteiger partial charge in [0.25, 0.3) is 5.91 Å². The first kappa shape index (κ1) is 14.2. The van der Waals surface area contributed by atoms with E-state index in [1.807, 2.05) is 0 Å². The van der Waals surface area contributed by atoms with Gasteiger partial charge in [-0.25, -0.2) is 10.8 Å². The number of rotatable bonds is 2. The topological polar surface area (TPSA) is 104 Å². The summed E-state index contributed by atoms with van der Waals surface area (Å²) in [6.45, 7) is 4.40. The zero-order chi connectivity index (χ0) is 14.9. The lowest BCUT2D eigenvalue weighted by Crippen LogP contribution is -2.63. The van der Waals surface area contributed by atoms with Gasteiger partial charge in [0.2, 0.25) is 5.91 Å². The fourth-order valence-corrected chi connectivity index (χ4v) is 2.25. The van der Waals surface area contributed by atoms with E-state index in [-0.39, 0.29) is 17.5 Å². The summed E-state index contributed by atoms with van der Waals surface area (Å²) < 4.78 is 0. The number of nitrogen functional groups attached to an aromatic ring is 1. The minimum Gasteiger partial charge on any atom is -0.342 e. The molecule has 1 aliphatic heterocycles. The van der Waals surface area contributed by atoms with Gasteiger partial charge in [-0.3, -0.25) is 14.6 Å². The Morgan fingerprint density at radius 2 is 2.10 bits per heavy atom. The van der Waals surface area contributed by atoms with Gasteiger partial charge in [-0.05, 0) is 13.8 Å². The number of likely N-dealkylation sites (N-methyl/N-ethyl adjacent to an activating group) is 1. The van der Waals surface area contributed by atoms with Crippen LogP contribution < -0.4 is 11.3 Å². The van der Waals surface area contributed by atoms with Gasteiger partial charge in [0.1, 0.15) is 11.2 Å². The summed E-state index contributed by atoms with van der Waals surface area (Å²) in [6.07, 6.45) is 2.78. The molecular weight excluding hydrogens is 260 g/mol. The molecule has 1 fully saturated rings. The van der Waals surface area contributed by atoms with E-state index >= 15 is 0 Å². The number of nitrogens with two attached hydrogens (primary N) is 1. The Morgan fingerprint density at radius 1 is 1.40 bits per heavy atom. The molecule has 3 N–H and O–H groups in total. The van der Waals surface area contributed by atoms with E-state index in [1.54, 1.807) is 25.8 Å². The molecule has 0 aliphatic carbocycles. The summed E-state index contributed by atoms with van der Waals surface area (Å²) in [6, 6.07) is 0. The average molecular weight is 278 g/mol. The van der Waals surface area contributed by atoms with Crippen molar-refractivity contribution >= 4 is 17.6 Å². The summed E-state index contributed by atoms with van der Waals surface area (Å²) in [5.41, 5.74) is 1.60. The molecule has 1 aromatic heterocycles. The Balaban J connectivity index is 2.30.